The number of hydrogen-bond acceptors (Lipinski definition) is 2. The van der Waals surface area contributed by atoms with Crippen LogP contribution in [0, 0.1) is 13.8 Å². The lowest BCUT2D eigenvalue weighted by atomic mass is 9.82. The zero-order valence-electron chi connectivity index (χ0n) is 16.7. The van der Waals surface area contributed by atoms with Crippen molar-refractivity contribution in [3.05, 3.63) is 34.9 Å². The van der Waals surface area contributed by atoms with Gasteiger partial charge < -0.3 is 15.5 Å². The SMILES string of the molecule is CN=C(NCCc1cc(C)cc(C)c1)NC1CC2CCCC(C1)N2C.I. The summed E-state index contributed by atoms with van der Waals surface area (Å²) < 4.78 is 0. The van der Waals surface area contributed by atoms with Crippen LogP contribution in [0.5, 0.6) is 0 Å². The molecule has 2 heterocycles. The van der Waals surface area contributed by atoms with Gasteiger partial charge in [-0.15, -0.1) is 24.0 Å². The summed E-state index contributed by atoms with van der Waals surface area (Å²) in [5.74, 6) is 0.956. The quantitative estimate of drug-likeness (QED) is 0.401. The fraction of sp³-hybridized carbons (Fsp3) is 0.667. The van der Waals surface area contributed by atoms with E-state index in [0.717, 1.165) is 31.0 Å². The summed E-state index contributed by atoms with van der Waals surface area (Å²) in [6.07, 6.45) is 7.61. The first kappa shape index (κ1) is 21.5. The monoisotopic (exact) mass is 470 g/mol. The first-order valence-corrected chi connectivity index (χ1v) is 9.81. The van der Waals surface area contributed by atoms with Crippen LogP contribution in [0.1, 0.15) is 48.8 Å². The molecule has 3 rings (SSSR count). The van der Waals surface area contributed by atoms with Gasteiger partial charge in [-0.2, -0.15) is 0 Å². The molecule has 4 nitrogen and oxygen atoms in total. The number of piperidine rings is 2. The molecule has 1 aromatic rings. The third-order valence-corrected chi connectivity index (χ3v) is 5.89. The molecule has 26 heavy (non-hydrogen) atoms. The average Bonchev–Trinajstić information content (AvgIpc) is 2.54. The molecule has 2 N–H and O–H groups in total. The van der Waals surface area contributed by atoms with Gasteiger partial charge in [-0.3, -0.25) is 4.99 Å². The van der Waals surface area contributed by atoms with Gasteiger partial charge in [0.05, 0.1) is 0 Å². The second-order valence-corrected chi connectivity index (χ2v) is 7.96. The number of halogens is 1. The molecule has 2 aliphatic heterocycles. The van der Waals surface area contributed by atoms with E-state index in [1.165, 1.54) is 48.8 Å². The molecule has 0 aromatic heterocycles. The Morgan fingerprint density at radius 2 is 1.73 bits per heavy atom. The summed E-state index contributed by atoms with van der Waals surface area (Å²) in [6.45, 7) is 5.25. The van der Waals surface area contributed by atoms with Crippen LogP contribution in [0.15, 0.2) is 23.2 Å². The van der Waals surface area contributed by atoms with Gasteiger partial charge in [0.15, 0.2) is 5.96 Å². The maximum atomic E-state index is 4.44. The zero-order valence-corrected chi connectivity index (χ0v) is 19.0. The Hall–Kier alpha value is -0.820. The number of fused-ring (bicyclic) bond motifs is 2. The summed E-state index contributed by atoms with van der Waals surface area (Å²) >= 11 is 0. The lowest BCUT2D eigenvalue weighted by Crippen LogP contribution is -2.56. The predicted molar refractivity (Wildman–Crippen MR) is 122 cm³/mol. The Bertz CT molecular complexity index is 582. The third kappa shape index (κ3) is 5.59. The second-order valence-electron chi connectivity index (χ2n) is 7.96. The normalized spacial score (nSPS) is 26.2. The van der Waals surface area contributed by atoms with Crippen molar-refractivity contribution in [1.29, 1.82) is 0 Å². The van der Waals surface area contributed by atoms with Crippen molar-refractivity contribution in [2.24, 2.45) is 4.99 Å². The molecular formula is C21H35IN4. The Balaban J connectivity index is 0.00000243. The van der Waals surface area contributed by atoms with E-state index in [1.54, 1.807) is 0 Å². The Kier molecular flexibility index (Phi) is 8.20. The number of aliphatic imine (C=N–C) groups is 1. The van der Waals surface area contributed by atoms with Crippen molar-refractivity contribution in [3.8, 4) is 0 Å². The summed E-state index contributed by atoms with van der Waals surface area (Å²) in [4.78, 5) is 7.05. The highest BCUT2D eigenvalue weighted by atomic mass is 127. The molecule has 0 saturated carbocycles. The average molecular weight is 470 g/mol. The van der Waals surface area contributed by atoms with Crippen molar-refractivity contribution >= 4 is 29.9 Å². The molecule has 2 unspecified atom stereocenters. The van der Waals surface area contributed by atoms with Crippen LogP contribution in [-0.4, -0.2) is 49.6 Å². The number of guanidine groups is 1. The number of rotatable bonds is 4. The van der Waals surface area contributed by atoms with Gasteiger partial charge in [0.25, 0.3) is 0 Å². The van der Waals surface area contributed by atoms with Crippen LogP contribution in [0.4, 0.5) is 0 Å². The molecule has 5 heteroatoms. The van der Waals surface area contributed by atoms with Gasteiger partial charge in [-0.05, 0) is 58.6 Å². The van der Waals surface area contributed by atoms with Crippen molar-refractivity contribution in [1.82, 2.24) is 15.5 Å². The van der Waals surface area contributed by atoms with Crippen molar-refractivity contribution in [2.45, 2.75) is 70.5 Å². The molecular weight excluding hydrogens is 435 g/mol. The molecule has 2 aliphatic rings. The standard InChI is InChI=1S/C21H34N4.HI/c1-15-10-16(2)12-17(11-15)8-9-23-21(22-3)24-18-13-19-6-5-7-20(14-18)25(19)4;/h10-12,18-20H,5-9,13-14H2,1-4H3,(H2,22,23,24);1H. The minimum atomic E-state index is 0. The van der Waals surface area contributed by atoms with E-state index in [9.17, 15) is 0 Å². The van der Waals surface area contributed by atoms with Crippen molar-refractivity contribution in [2.75, 3.05) is 20.6 Å². The van der Waals surface area contributed by atoms with Gasteiger partial charge in [-0.1, -0.05) is 35.7 Å². The summed E-state index contributed by atoms with van der Waals surface area (Å²) in [7, 11) is 4.18. The van der Waals surface area contributed by atoms with Crippen LogP contribution in [-0.2, 0) is 6.42 Å². The smallest absolute Gasteiger partial charge is 0.191 e. The zero-order chi connectivity index (χ0) is 17.8. The predicted octanol–water partition coefficient (Wildman–Crippen LogP) is 3.64. The first-order chi connectivity index (χ1) is 12.0. The van der Waals surface area contributed by atoms with E-state index in [0.29, 0.717) is 6.04 Å². The van der Waals surface area contributed by atoms with Crippen molar-refractivity contribution in [3.63, 3.8) is 0 Å². The molecule has 0 radical (unpaired) electrons. The summed E-state index contributed by atoms with van der Waals surface area (Å²) in [6, 6.07) is 8.84. The van der Waals surface area contributed by atoms with Crippen LogP contribution in [0.3, 0.4) is 0 Å². The van der Waals surface area contributed by atoms with E-state index in [2.05, 4.69) is 59.6 Å². The molecule has 0 amide bonds. The summed E-state index contributed by atoms with van der Waals surface area (Å²) in [5.41, 5.74) is 4.08. The number of nitrogens with one attached hydrogen (secondary N) is 2. The minimum Gasteiger partial charge on any atom is -0.356 e. The molecule has 1 aromatic carbocycles. The molecule has 2 fully saturated rings. The van der Waals surface area contributed by atoms with Crippen LogP contribution in [0.25, 0.3) is 0 Å². The highest BCUT2D eigenvalue weighted by molar-refractivity contribution is 14.0. The van der Waals surface area contributed by atoms with Gasteiger partial charge in [0.2, 0.25) is 0 Å². The Morgan fingerprint density at radius 1 is 1.12 bits per heavy atom. The van der Waals surface area contributed by atoms with Gasteiger partial charge in [0.1, 0.15) is 0 Å². The van der Waals surface area contributed by atoms with Crippen molar-refractivity contribution < 1.29 is 0 Å². The van der Waals surface area contributed by atoms with Gasteiger partial charge in [0, 0.05) is 31.7 Å². The number of hydrogen-bond donors (Lipinski definition) is 2. The maximum absolute atomic E-state index is 4.44. The number of benzene rings is 1. The number of nitrogens with zero attached hydrogens (tertiary/aromatic N) is 2. The highest BCUT2D eigenvalue weighted by Gasteiger charge is 2.36. The van der Waals surface area contributed by atoms with E-state index in [-0.39, 0.29) is 24.0 Å². The van der Waals surface area contributed by atoms with Gasteiger partial charge >= 0.3 is 0 Å². The van der Waals surface area contributed by atoms with E-state index in [1.807, 2.05) is 7.05 Å². The second kappa shape index (κ2) is 9.93. The molecule has 0 aliphatic carbocycles. The molecule has 146 valence electrons. The summed E-state index contributed by atoms with van der Waals surface area (Å²) in [5, 5.41) is 7.18. The van der Waals surface area contributed by atoms with Crippen LogP contribution >= 0.6 is 24.0 Å². The lowest BCUT2D eigenvalue weighted by Gasteiger charge is -2.47. The Morgan fingerprint density at radius 3 is 2.31 bits per heavy atom. The Labute approximate surface area is 176 Å². The molecule has 2 bridgehead atoms. The van der Waals surface area contributed by atoms with Gasteiger partial charge in [-0.25, -0.2) is 0 Å². The topological polar surface area (TPSA) is 39.7 Å². The molecule has 0 spiro atoms. The molecule has 2 saturated heterocycles. The van der Waals surface area contributed by atoms with E-state index >= 15 is 0 Å². The third-order valence-electron chi connectivity index (χ3n) is 5.89. The van der Waals surface area contributed by atoms with E-state index < -0.39 is 0 Å². The largest absolute Gasteiger partial charge is 0.356 e. The first-order valence-electron chi connectivity index (χ1n) is 9.81. The van der Waals surface area contributed by atoms with Crippen LogP contribution in [0.2, 0.25) is 0 Å². The van der Waals surface area contributed by atoms with E-state index in [4.69, 9.17) is 0 Å². The maximum Gasteiger partial charge on any atom is 0.191 e. The number of aryl methyl sites for hydroxylation is 2. The minimum absolute atomic E-state index is 0. The molecule has 2 atom stereocenters. The lowest BCUT2D eigenvalue weighted by molar-refractivity contribution is 0.0526. The fourth-order valence-corrected chi connectivity index (χ4v) is 4.66. The highest BCUT2D eigenvalue weighted by Crippen LogP contribution is 2.32. The van der Waals surface area contributed by atoms with Crippen LogP contribution < -0.4 is 10.6 Å². The fourth-order valence-electron chi connectivity index (χ4n) is 4.66.